The number of aromatic carboxylic acids is 1. The van der Waals surface area contributed by atoms with Gasteiger partial charge >= 0.3 is 17.9 Å². The monoisotopic (exact) mass is 549 g/mol. The van der Waals surface area contributed by atoms with Gasteiger partial charge in [0.1, 0.15) is 0 Å². The average Bonchev–Trinajstić information content (AvgIpc) is 2.84. The lowest BCUT2D eigenvalue weighted by atomic mass is 9.85. The molecule has 2 unspecified atom stereocenters. The average molecular weight is 550 g/mol. The Hall–Kier alpha value is -3.14. The fourth-order valence-electron chi connectivity index (χ4n) is 4.59. The number of ether oxygens (including phenoxy) is 2. The highest BCUT2D eigenvalue weighted by Crippen LogP contribution is 2.26. The number of benzene rings is 1. The van der Waals surface area contributed by atoms with E-state index in [4.69, 9.17) is 26.0 Å². The molecule has 1 amide bonds. The Balaban J connectivity index is 0.000000300. The number of carboxylic acid groups (broad SMARTS) is 1. The number of anilines is 1. The minimum absolute atomic E-state index is 0.00866. The van der Waals surface area contributed by atoms with E-state index in [1.54, 1.807) is 12.1 Å². The van der Waals surface area contributed by atoms with Crippen molar-refractivity contribution in [1.29, 1.82) is 0 Å². The summed E-state index contributed by atoms with van der Waals surface area (Å²) in [5, 5.41) is 11.3. The van der Waals surface area contributed by atoms with Crippen molar-refractivity contribution < 1.29 is 33.8 Å². The van der Waals surface area contributed by atoms with Gasteiger partial charge in [-0.05, 0) is 84.4 Å². The van der Waals surface area contributed by atoms with E-state index in [2.05, 4.69) is 5.32 Å². The minimum Gasteiger partial charge on any atom is -0.478 e. The first-order chi connectivity index (χ1) is 18.3. The van der Waals surface area contributed by atoms with Crippen LogP contribution in [-0.2, 0) is 23.9 Å². The van der Waals surface area contributed by atoms with E-state index in [1.807, 2.05) is 27.7 Å². The zero-order chi connectivity index (χ0) is 29.5. The van der Waals surface area contributed by atoms with E-state index < -0.39 is 5.97 Å². The number of nitrogen functional groups attached to an aromatic ring is 1. The molecule has 0 heterocycles. The molecule has 0 aliphatic heterocycles. The molecule has 0 saturated heterocycles. The summed E-state index contributed by atoms with van der Waals surface area (Å²) in [6.07, 6.45) is 7.30. The number of hydrogen-bond acceptors (Lipinski definition) is 8. The third kappa shape index (κ3) is 14.6. The van der Waals surface area contributed by atoms with Gasteiger partial charge < -0.3 is 31.4 Å². The lowest BCUT2D eigenvalue weighted by molar-refractivity contribution is -0.154. The fraction of sp³-hybridized carbons (Fsp3) is 0.655. The maximum absolute atomic E-state index is 11.7. The van der Waals surface area contributed by atoms with Crippen LogP contribution in [0.5, 0.6) is 0 Å². The topological polar surface area (TPSA) is 171 Å². The maximum Gasteiger partial charge on any atom is 0.335 e. The molecule has 2 aliphatic rings. The van der Waals surface area contributed by atoms with Gasteiger partial charge in [0.2, 0.25) is 5.91 Å². The second-order valence-electron chi connectivity index (χ2n) is 10.8. The van der Waals surface area contributed by atoms with Gasteiger partial charge in [-0.25, -0.2) is 4.79 Å². The van der Waals surface area contributed by atoms with Crippen LogP contribution in [0.15, 0.2) is 24.3 Å². The van der Waals surface area contributed by atoms with E-state index >= 15 is 0 Å². The molecule has 3 rings (SSSR count). The van der Waals surface area contributed by atoms with Crippen molar-refractivity contribution in [3.8, 4) is 0 Å². The van der Waals surface area contributed by atoms with Crippen LogP contribution in [0.1, 0.15) is 96.3 Å². The molecule has 6 N–H and O–H groups in total. The summed E-state index contributed by atoms with van der Waals surface area (Å²) < 4.78 is 10.3. The van der Waals surface area contributed by atoms with Crippen molar-refractivity contribution >= 4 is 29.5 Å². The molecule has 2 aliphatic carbocycles. The molecule has 1 aromatic rings. The van der Waals surface area contributed by atoms with Gasteiger partial charge in [0.15, 0.2) is 0 Å². The van der Waals surface area contributed by atoms with Crippen LogP contribution in [0.4, 0.5) is 5.69 Å². The number of hydrogen-bond donors (Lipinski definition) is 4. The molecular weight excluding hydrogens is 502 g/mol. The molecule has 0 aromatic heterocycles. The van der Waals surface area contributed by atoms with Crippen LogP contribution in [0.25, 0.3) is 0 Å². The SMILES string of the molecule is CC(=O)N[C@@H]1CCC[C@H](C(=O)OC(C)C)C1.CC(C)OC(=O)C1CCCC(N)C1.Nc1cccc(C(=O)O)c1. The van der Waals surface area contributed by atoms with Crippen molar-refractivity contribution in [1.82, 2.24) is 5.32 Å². The van der Waals surface area contributed by atoms with E-state index in [0.29, 0.717) is 12.1 Å². The van der Waals surface area contributed by atoms with Crippen molar-refractivity contribution in [2.75, 3.05) is 5.73 Å². The van der Waals surface area contributed by atoms with E-state index in [1.165, 1.54) is 19.1 Å². The Labute approximate surface area is 232 Å². The second-order valence-corrected chi connectivity index (χ2v) is 10.8. The molecule has 10 nitrogen and oxygen atoms in total. The molecule has 2 saturated carbocycles. The standard InChI is InChI=1S/C12H21NO3.C10H19NO2.C7H7NO2/c1-8(2)16-12(15)10-5-4-6-11(7-10)13-9(3)14;1-7(2)13-10(12)8-4-3-5-9(11)6-8;8-6-3-1-2-5(4-6)7(9)10/h8,10-11H,4-7H2,1-3H3,(H,13,14);7-9H,3-6,11H2,1-2H3;1-4H,8H2,(H,9,10)/t10-,11+;;/m0../s1. The Kier molecular flexibility index (Phi) is 15.2. The third-order valence-electron chi connectivity index (χ3n) is 6.30. The van der Waals surface area contributed by atoms with Gasteiger partial charge in [-0.15, -0.1) is 0 Å². The van der Waals surface area contributed by atoms with Gasteiger partial charge in [0.25, 0.3) is 0 Å². The largest absolute Gasteiger partial charge is 0.478 e. The molecule has 4 atom stereocenters. The Morgan fingerprint density at radius 1 is 0.897 bits per heavy atom. The first kappa shape index (κ1) is 33.9. The van der Waals surface area contributed by atoms with Gasteiger partial charge in [-0.1, -0.05) is 18.9 Å². The molecule has 0 spiro atoms. The Bertz CT molecular complexity index is 935. The summed E-state index contributed by atoms with van der Waals surface area (Å²) in [5.74, 6) is -1.16. The van der Waals surface area contributed by atoms with Crippen molar-refractivity contribution in [3.05, 3.63) is 29.8 Å². The van der Waals surface area contributed by atoms with Crippen LogP contribution < -0.4 is 16.8 Å². The van der Waals surface area contributed by atoms with E-state index in [9.17, 15) is 19.2 Å². The molecule has 10 heteroatoms. The number of esters is 2. The Morgan fingerprint density at radius 2 is 1.44 bits per heavy atom. The van der Waals surface area contributed by atoms with Crippen molar-refractivity contribution in [2.45, 2.75) is 110 Å². The van der Waals surface area contributed by atoms with Gasteiger partial charge in [0.05, 0.1) is 29.6 Å². The smallest absolute Gasteiger partial charge is 0.335 e. The predicted octanol–water partition coefficient (Wildman–Crippen LogP) is 4.06. The summed E-state index contributed by atoms with van der Waals surface area (Å²) in [5.41, 5.74) is 11.8. The quantitative estimate of drug-likeness (QED) is 0.302. The number of carboxylic acids is 1. The molecule has 2 fully saturated rings. The summed E-state index contributed by atoms with van der Waals surface area (Å²) in [4.78, 5) is 44.4. The predicted molar refractivity (Wildman–Crippen MR) is 150 cm³/mol. The van der Waals surface area contributed by atoms with Gasteiger partial charge in [0, 0.05) is 24.7 Å². The molecule has 0 radical (unpaired) electrons. The minimum atomic E-state index is -0.952. The highest BCUT2D eigenvalue weighted by molar-refractivity contribution is 5.88. The zero-order valence-corrected chi connectivity index (χ0v) is 24.0. The molecule has 1 aromatic carbocycles. The number of carbonyl (C=O) groups is 4. The van der Waals surface area contributed by atoms with E-state index in [0.717, 1.165) is 44.9 Å². The van der Waals surface area contributed by atoms with Crippen LogP contribution >= 0.6 is 0 Å². The summed E-state index contributed by atoms with van der Waals surface area (Å²) in [6, 6.07) is 6.50. The second kappa shape index (κ2) is 17.4. The van der Waals surface area contributed by atoms with E-state index in [-0.39, 0.29) is 59.5 Å². The number of carbonyl (C=O) groups excluding carboxylic acids is 3. The molecule has 0 bridgehead atoms. The van der Waals surface area contributed by atoms with Crippen LogP contribution in [0.2, 0.25) is 0 Å². The first-order valence-corrected chi connectivity index (χ1v) is 13.8. The molecule has 39 heavy (non-hydrogen) atoms. The zero-order valence-electron chi connectivity index (χ0n) is 24.0. The van der Waals surface area contributed by atoms with Crippen LogP contribution in [0.3, 0.4) is 0 Å². The van der Waals surface area contributed by atoms with Gasteiger partial charge in [-0.2, -0.15) is 0 Å². The number of amides is 1. The number of rotatable bonds is 6. The summed E-state index contributed by atoms with van der Waals surface area (Å²) in [6.45, 7) is 8.97. The van der Waals surface area contributed by atoms with Crippen molar-refractivity contribution in [3.63, 3.8) is 0 Å². The third-order valence-corrected chi connectivity index (χ3v) is 6.30. The molecular formula is C29H47N3O7. The van der Waals surface area contributed by atoms with Crippen LogP contribution in [-0.4, -0.2) is 53.2 Å². The molecule has 220 valence electrons. The van der Waals surface area contributed by atoms with Crippen LogP contribution in [0, 0.1) is 11.8 Å². The number of nitrogens with one attached hydrogen (secondary N) is 1. The van der Waals surface area contributed by atoms with Gasteiger partial charge in [-0.3, -0.25) is 14.4 Å². The maximum atomic E-state index is 11.7. The lowest BCUT2D eigenvalue weighted by Gasteiger charge is -2.28. The lowest BCUT2D eigenvalue weighted by Crippen LogP contribution is -2.39. The number of nitrogens with two attached hydrogens (primary N) is 2. The normalized spacial score (nSPS) is 22.4. The highest BCUT2D eigenvalue weighted by atomic mass is 16.5. The summed E-state index contributed by atoms with van der Waals surface area (Å²) in [7, 11) is 0. The Morgan fingerprint density at radius 3 is 1.87 bits per heavy atom. The highest BCUT2D eigenvalue weighted by Gasteiger charge is 2.29. The summed E-state index contributed by atoms with van der Waals surface area (Å²) >= 11 is 0. The first-order valence-electron chi connectivity index (χ1n) is 13.8. The van der Waals surface area contributed by atoms with Crippen molar-refractivity contribution in [2.24, 2.45) is 17.6 Å². The fourth-order valence-corrected chi connectivity index (χ4v) is 4.59.